The molecule has 0 spiro atoms. The highest BCUT2D eigenvalue weighted by molar-refractivity contribution is 5.86. The lowest BCUT2D eigenvalue weighted by atomic mass is 9.87. The van der Waals surface area contributed by atoms with Crippen LogP contribution in [0.3, 0.4) is 0 Å². The minimum absolute atomic E-state index is 0.228. The average molecular weight is 284 g/mol. The molecule has 0 heterocycles. The van der Waals surface area contributed by atoms with Gasteiger partial charge in [-0.2, -0.15) is 0 Å². The Morgan fingerprint density at radius 2 is 1.70 bits per heavy atom. The first-order valence-corrected chi connectivity index (χ1v) is 7.64. The zero-order valence-corrected chi connectivity index (χ0v) is 13.1. The van der Waals surface area contributed by atoms with Crippen molar-refractivity contribution < 1.29 is 14.7 Å². The van der Waals surface area contributed by atoms with Crippen LogP contribution in [0, 0.1) is 5.92 Å². The lowest BCUT2D eigenvalue weighted by Gasteiger charge is -2.36. The first-order valence-electron chi connectivity index (χ1n) is 7.64. The third kappa shape index (κ3) is 3.64. The van der Waals surface area contributed by atoms with Crippen LogP contribution in [0.2, 0.25) is 0 Å². The van der Waals surface area contributed by atoms with Crippen molar-refractivity contribution in [1.82, 2.24) is 10.2 Å². The van der Waals surface area contributed by atoms with Gasteiger partial charge in [0.05, 0.1) is 0 Å². The van der Waals surface area contributed by atoms with Crippen molar-refractivity contribution in [1.29, 1.82) is 0 Å². The van der Waals surface area contributed by atoms with Gasteiger partial charge >= 0.3 is 12.0 Å². The van der Waals surface area contributed by atoms with E-state index in [1.54, 1.807) is 25.8 Å². The van der Waals surface area contributed by atoms with Crippen LogP contribution in [0.25, 0.3) is 0 Å². The Morgan fingerprint density at radius 3 is 2.10 bits per heavy atom. The lowest BCUT2D eigenvalue weighted by Crippen LogP contribution is -2.58. The summed E-state index contributed by atoms with van der Waals surface area (Å²) in [6.07, 6.45) is 5.05. The quantitative estimate of drug-likeness (QED) is 0.815. The van der Waals surface area contributed by atoms with Gasteiger partial charge in [0.2, 0.25) is 0 Å². The van der Waals surface area contributed by atoms with E-state index in [9.17, 15) is 14.7 Å². The summed E-state index contributed by atoms with van der Waals surface area (Å²) in [7, 11) is 1.77. The number of rotatable bonds is 5. The largest absolute Gasteiger partial charge is 0.480 e. The minimum Gasteiger partial charge on any atom is -0.480 e. The number of nitrogens with one attached hydrogen (secondary N) is 1. The van der Waals surface area contributed by atoms with E-state index in [0.29, 0.717) is 12.8 Å². The maximum absolute atomic E-state index is 12.3. The van der Waals surface area contributed by atoms with E-state index < -0.39 is 11.5 Å². The number of aliphatic carboxylic acids is 1. The Labute approximate surface area is 121 Å². The molecule has 1 aliphatic rings. The topological polar surface area (TPSA) is 69.6 Å². The van der Waals surface area contributed by atoms with Gasteiger partial charge in [-0.1, -0.05) is 20.8 Å². The Morgan fingerprint density at radius 1 is 1.20 bits per heavy atom. The fraction of sp³-hybridized carbons (Fsp3) is 0.867. The summed E-state index contributed by atoms with van der Waals surface area (Å²) in [5.41, 5.74) is -1.15. The molecule has 0 bridgehead atoms. The molecule has 0 saturated heterocycles. The summed E-state index contributed by atoms with van der Waals surface area (Å²) in [4.78, 5) is 25.4. The molecule has 1 fully saturated rings. The first kappa shape index (κ1) is 16.8. The van der Waals surface area contributed by atoms with Crippen molar-refractivity contribution in [2.45, 2.75) is 70.9 Å². The number of hydrogen-bond donors (Lipinski definition) is 2. The number of urea groups is 1. The molecular weight excluding hydrogens is 256 g/mol. The second-order valence-corrected chi connectivity index (χ2v) is 6.05. The summed E-state index contributed by atoms with van der Waals surface area (Å²) in [5.74, 6) is -0.228. The number of carboxylic acids is 1. The molecule has 0 unspecified atom stereocenters. The van der Waals surface area contributed by atoms with Crippen molar-refractivity contribution in [3.63, 3.8) is 0 Å². The molecule has 20 heavy (non-hydrogen) atoms. The zero-order valence-electron chi connectivity index (χ0n) is 13.1. The van der Waals surface area contributed by atoms with Gasteiger partial charge in [-0.05, 0) is 44.4 Å². The van der Waals surface area contributed by atoms with Crippen LogP contribution in [0.1, 0.15) is 59.3 Å². The van der Waals surface area contributed by atoms with Gasteiger partial charge in [0.1, 0.15) is 5.54 Å². The van der Waals surface area contributed by atoms with E-state index in [0.717, 1.165) is 31.6 Å². The van der Waals surface area contributed by atoms with E-state index in [4.69, 9.17) is 0 Å². The number of amides is 2. The van der Waals surface area contributed by atoms with Gasteiger partial charge in [-0.3, -0.25) is 0 Å². The van der Waals surface area contributed by atoms with Crippen LogP contribution in [-0.2, 0) is 4.79 Å². The number of carbonyl (C=O) groups is 2. The Balaban J connectivity index is 2.67. The van der Waals surface area contributed by atoms with Crippen molar-refractivity contribution in [3.8, 4) is 0 Å². The highest BCUT2D eigenvalue weighted by Gasteiger charge is 2.38. The molecule has 0 aromatic rings. The van der Waals surface area contributed by atoms with Crippen molar-refractivity contribution in [3.05, 3.63) is 0 Å². The van der Waals surface area contributed by atoms with E-state index in [2.05, 4.69) is 12.2 Å². The zero-order chi connectivity index (χ0) is 15.3. The normalized spacial score (nSPS) is 23.2. The molecule has 5 heteroatoms. The number of carbonyl (C=O) groups excluding carboxylic acids is 1. The predicted molar refractivity (Wildman–Crippen MR) is 78.7 cm³/mol. The number of carboxylic acid groups (broad SMARTS) is 1. The maximum atomic E-state index is 12.3. The van der Waals surface area contributed by atoms with E-state index in [1.807, 2.05) is 0 Å². The average Bonchev–Trinajstić information content (AvgIpc) is 2.44. The molecule has 1 rings (SSSR count). The van der Waals surface area contributed by atoms with Gasteiger partial charge in [-0.15, -0.1) is 0 Å². The van der Waals surface area contributed by atoms with E-state index in [-0.39, 0.29) is 12.1 Å². The van der Waals surface area contributed by atoms with E-state index in [1.165, 1.54) is 0 Å². The highest BCUT2D eigenvalue weighted by Crippen LogP contribution is 2.27. The maximum Gasteiger partial charge on any atom is 0.329 e. The Bertz CT molecular complexity index is 345. The number of nitrogens with zero attached hydrogens (tertiary/aromatic N) is 1. The first-order chi connectivity index (χ1) is 9.36. The van der Waals surface area contributed by atoms with Gasteiger partial charge in [0.15, 0.2) is 0 Å². The van der Waals surface area contributed by atoms with Gasteiger partial charge < -0.3 is 15.3 Å². The summed E-state index contributed by atoms with van der Waals surface area (Å²) < 4.78 is 0. The molecule has 0 radical (unpaired) electrons. The Kier molecular flexibility index (Phi) is 5.84. The molecule has 0 atom stereocenters. The minimum atomic E-state index is -1.15. The summed E-state index contributed by atoms with van der Waals surface area (Å²) in [6, 6.07) is -0.0398. The highest BCUT2D eigenvalue weighted by atomic mass is 16.4. The standard InChI is InChI=1S/C15H28N2O3/c1-5-15(6-2,13(18)19)16-14(20)17(4)12-9-7-11(3)8-10-12/h11-12H,5-10H2,1-4H3,(H,16,20)(H,18,19). The third-order valence-electron chi connectivity index (χ3n) is 4.82. The van der Waals surface area contributed by atoms with Crippen LogP contribution in [-0.4, -0.2) is 40.6 Å². The molecule has 0 aromatic heterocycles. The molecule has 2 N–H and O–H groups in total. The molecule has 5 nitrogen and oxygen atoms in total. The fourth-order valence-corrected chi connectivity index (χ4v) is 2.87. The SMILES string of the molecule is CCC(CC)(NC(=O)N(C)C1CCC(C)CC1)C(=O)O. The van der Waals surface area contributed by atoms with Crippen LogP contribution in [0.5, 0.6) is 0 Å². The second-order valence-electron chi connectivity index (χ2n) is 6.05. The smallest absolute Gasteiger partial charge is 0.329 e. The van der Waals surface area contributed by atoms with Crippen molar-refractivity contribution in [2.24, 2.45) is 5.92 Å². The molecule has 1 saturated carbocycles. The van der Waals surface area contributed by atoms with Gasteiger partial charge in [0.25, 0.3) is 0 Å². The molecule has 0 aromatic carbocycles. The fourth-order valence-electron chi connectivity index (χ4n) is 2.87. The van der Waals surface area contributed by atoms with Crippen LogP contribution < -0.4 is 5.32 Å². The molecule has 0 aliphatic heterocycles. The molecule has 2 amide bonds. The molecule has 116 valence electrons. The predicted octanol–water partition coefficient (Wildman–Crippen LogP) is 2.85. The van der Waals surface area contributed by atoms with E-state index >= 15 is 0 Å². The van der Waals surface area contributed by atoms with Crippen LogP contribution >= 0.6 is 0 Å². The summed E-state index contributed by atoms with van der Waals surface area (Å²) >= 11 is 0. The Hall–Kier alpha value is -1.26. The van der Waals surface area contributed by atoms with Crippen molar-refractivity contribution in [2.75, 3.05) is 7.05 Å². The van der Waals surface area contributed by atoms with Gasteiger partial charge in [-0.25, -0.2) is 9.59 Å². The van der Waals surface area contributed by atoms with Crippen molar-refractivity contribution >= 4 is 12.0 Å². The lowest BCUT2D eigenvalue weighted by molar-refractivity contribution is -0.144. The molecular formula is C15H28N2O3. The monoisotopic (exact) mass is 284 g/mol. The number of hydrogen-bond acceptors (Lipinski definition) is 2. The molecule has 1 aliphatic carbocycles. The van der Waals surface area contributed by atoms with Crippen LogP contribution in [0.15, 0.2) is 0 Å². The summed E-state index contributed by atoms with van der Waals surface area (Å²) in [6.45, 7) is 5.82. The third-order valence-corrected chi connectivity index (χ3v) is 4.82. The second kappa shape index (κ2) is 6.95. The van der Waals surface area contributed by atoms with Crippen LogP contribution in [0.4, 0.5) is 4.79 Å². The van der Waals surface area contributed by atoms with Gasteiger partial charge in [0, 0.05) is 13.1 Å². The summed E-state index contributed by atoms with van der Waals surface area (Å²) in [5, 5.41) is 12.1.